The molecule has 0 bridgehead atoms. The number of nitrogens with one attached hydrogen (secondary N) is 2. The predicted octanol–water partition coefficient (Wildman–Crippen LogP) is 1.16. The van der Waals surface area contributed by atoms with Gasteiger partial charge in [-0.2, -0.15) is 0 Å². The van der Waals surface area contributed by atoms with E-state index in [1.165, 1.54) is 0 Å². The summed E-state index contributed by atoms with van der Waals surface area (Å²) in [5.41, 5.74) is 4.17. The minimum absolute atomic E-state index is 0.0153. The molecule has 0 aliphatic carbocycles. The van der Waals surface area contributed by atoms with E-state index < -0.39 is 0 Å². The molecule has 1 aromatic carbocycles. The molecule has 4 unspecified atom stereocenters. The number of carbonyl (C=O) groups is 2. The first-order valence-electron chi connectivity index (χ1n) is 10.4. The Kier molecular flexibility index (Phi) is 5.94. The third kappa shape index (κ3) is 3.92. The summed E-state index contributed by atoms with van der Waals surface area (Å²) in [4.78, 5) is 28.4. The van der Waals surface area contributed by atoms with Gasteiger partial charge in [-0.3, -0.25) is 9.59 Å². The molecule has 3 saturated heterocycles. The number of amides is 2. The van der Waals surface area contributed by atoms with Crippen molar-refractivity contribution in [3.8, 4) is 0 Å². The highest BCUT2D eigenvalue weighted by Gasteiger charge is 2.50. The summed E-state index contributed by atoms with van der Waals surface area (Å²) >= 11 is 0. The molecule has 0 spiro atoms. The SMILES string of the molecule is CCCN1CC(C(=O)NCC2CCCO2)C2NN(c3ccccc3)C(=O)C2C1. The molecule has 2 N–H and O–H groups in total. The summed E-state index contributed by atoms with van der Waals surface area (Å²) in [7, 11) is 0. The van der Waals surface area contributed by atoms with E-state index >= 15 is 0 Å². The quantitative estimate of drug-likeness (QED) is 0.768. The molecule has 0 radical (unpaired) electrons. The molecule has 0 aromatic heterocycles. The molecule has 152 valence electrons. The van der Waals surface area contributed by atoms with E-state index in [4.69, 9.17) is 4.74 Å². The van der Waals surface area contributed by atoms with E-state index in [-0.39, 0.29) is 35.8 Å². The fraction of sp³-hybridized carbons (Fsp3) is 0.619. The predicted molar refractivity (Wildman–Crippen MR) is 107 cm³/mol. The Morgan fingerprint density at radius 1 is 1.29 bits per heavy atom. The number of hydrogen-bond acceptors (Lipinski definition) is 5. The van der Waals surface area contributed by atoms with Crippen LogP contribution in [-0.4, -0.2) is 61.6 Å². The number of para-hydroxylation sites is 1. The molecular formula is C21H30N4O3. The van der Waals surface area contributed by atoms with Gasteiger partial charge in [0.05, 0.1) is 29.7 Å². The van der Waals surface area contributed by atoms with Gasteiger partial charge in [-0.05, 0) is 37.9 Å². The molecule has 4 rings (SSSR count). The van der Waals surface area contributed by atoms with E-state index in [2.05, 4.69) is 22.6 Å². The molecule has 0 saturated carbocycles. The van der Waals surface area contributed by atoms with E-state index in [1.807, 2.05) is 30.3 Å². The van der Waals surface area contributed by atoms with Crippen LogP contribution in [0.25, 0.3) is 0 Å². The first-order valence-corrected chi connectivity index (χ1v) is 10.4. The second-order valence-corrected chi connectivity index (χ2v) is 8.02. The zero-order valence-electron chi connectivity index (χ0n) is 16.5. The highest BCUT2D eigenvalue weighted by Crippen LogP contribution is 2.32. The molecule has 3 aliphatic rings. The molecule has 3 aliphatic heterocycles. The maximum Gasteiger partial charge on any atom is 0.247 e. The average molecular weight is 386 g/mol. The van der Waals surface area contributed by atoms with Crippen molar-refractivity contribution in [1.29, 1.82) is 0 Å². The monoisotopic (exact) mass is 386 g/mol. The van der Waals surface area contributed by atoms with Gasteiger partial charge in [0.2, 0.25) is 11.8 Å². The average Bonchev–Trinajstić information content (AvgIpc) is 3.35. The molecule has 3 heterocycles. The molecule has 2 amide bonds. The fourth-order valence-corrected chi connectivity index (χ4v) is 4.60. The molecular weight excluding hydrogens is 356 g/mol. The van der Waals surface area contributed by atoms with Crippen molar-refractivity contribution in [2.45, 2.75) is 38.3 Å². The first-order chi connectivity index (χ1) is 13.7. The Morgan fingerprint density at radius 2 is 2.11 bits per heavy atom. The summed E-state index contributed by atoms with van der Waals surface area (Å²) in [5, 5.41) is 4.71. The summed E-state index contributed by atoms with van der Waals surface area (Å²) < 4.78 is 5.63. The lowest BCUT2D eigenvalue weighted by Crippen LogP contribution is -2.57. The maximum absolute atomic E-state index is 13.1. The second-order valence-electron chi connectivity index (χ2n) is 8.02. The lowest BCUT2D eigenvalue weighted by Gasteiger charge is -2.38. The van der Waals surface area contributed by atoms with Crippen LogP contribution < -0.4 is 15.8 Å². The Labute approximate surface area is 166 Å². The highest BCUT2D eigenvalue weighted by molar-refractivity contribution is 5.98. The van der Waals surface area contributed by atoms with Crippen molar-refractivity contribution in [2.75, 3.05) is 37.8 Å². The molecule has 4 atom stereocenters. The molecule has 28 heavy (non-hydrogen) atoms. The lowest BCUT2D eigenvalue weighted by atomic mass is 9.84. The van der Waals surface area contributed by atoms with Crippen LogP contribution in [0.4, 0.5) is 5.69 Å². The Bertz CT molecular complexity index is 692. The maximum atomic E-state index is 13.1. The Balaban J connectivity index is 1.49. The van der Waals surface area contributed by atoms with Gasteiger partial charge in [0, 0.05) is 26.2 Å². The van der Waals surface area contributed by atoms with Gasteiger partial charge in [0.25, 0.3) is 0 Å². The van der Waals surface area contributed by atoms with Crippen molar-refractivity contribution < 1.29 is 14.3 Å². The first kappa shape index (κ1) is 19.4. The van der Waals surface area contributed by atoms with Crippen LogP contribution in [0.3, 0.4) is 0 Å². The van der Waals surface area contributed by atoms with E-state index in [9.17, 15) is 9.59 Å². The third-order valence-electron chi connectivity index (χ3n) is 6.01. The smallest absolute Gasteiger partial charge is 0.247 e. The van der Waals surface area contributed by atoms with Gasteiger partial charge in [0.15, 0.2) is 0 Å². The van der Waals surface area contributed by atoms with E-state index in [0.717, 1.165) is 38.1 Å². The summed E-state index contributed by atoms with van der Waals surface area (Å²) in [6, 6.07) is 9.42. The van der Waals surface area contributed by atoms with Crippen molar-refractivity contribution in [3.63, 3.8) is 0 Å². The molecule has 7 nitrogen and oxygen atoms in total. The van der Waals surface area contributed by atoms with Crippen LogP contribution in [0.1, 0.15) is 26.2 Å². The van der Waals surface area contributed by atoms with Crippen LogP contribution in [0.2, 0.25) is 0 Å². The van der Waals surface area contributed by atoms with E-state index in [0.29, 0.717) is 19.6 Å². The lowest BCUT2D eigenvalue weighted by molar-refractivity contribution is -0.130. The minimum Gasteiger partial charge on any atom is -0.376 e. The van der Waals surface area contributed by atoms with Crippen molar-refractivity contribution in [3.05, 3.63) is 30.3 Å². The largest absolute Gasteiger partial charge is 0.376 e. The normalized spacial score (nSPS) is 30.5. The van der Waals surface area contributed by atoms with Gasteiger partial charge in [-0.25, -0.2) is 10.4 Å². The van der Waals surface area contributed by atoms with Crippen LogP contribution in [0.5, 0.6) is 0 Å². The van der Waals surface area contributed by atoms with Gasteiger partial charge < -0.3 is 15.0 Å². The number of likely N-dealkylation sites (tertiary alicyclic amines) is 1. The minimum atomic E-state index is -0.260. The van der Waals surface area contributed by atoms with Crippen LogP contribution in [0.15, 0.2) is 30.3 Å². The number of hydrazine groups is 1. The van der Waals surface area contributed by atoms with Gasteiger partial charge in [0.1, 0.15) is 0 Å². The number of benzene rings is 1. The number of piperidine rings is 1. The van der Waals surface area contributed by atoms with Gasteiger partial charge >= 0.3 is 0 Å². The summed E-state index contributed by atoms with van der Waals surface area (Å²) in [6.45, 7) is 5.73. The molecule has 7 heteroatoms. The fourth-order valence-electron chi connectivity index (χ4n) is 4.60. The Hall–Kier alpha value is -1.96. The standard InChI is InChI=1S/C21H30N4O3/c1-2-10-24-13-17(20(26)22-12-16-9-6-11-28-16)19-18(14-24)21(27)25(23-19)15-7-4-3-5-8-15/h3-5,7-8,16-19,23H,2,6,9-14H2,1H3,(H,22,26). The molecule has 1 aromatic rings. The van der Waals surface area contributed by atoms with Crippen LogP contribution >= 0.6 is 0 Å². The van der Waals surface area contributed by atoms with Crippen molar-refractivity contribution in [2.24, 2.45) is 11.8 Å². The number of fused-ring (bicyclic) bond motifs is 1. The van der Waals surface area contributed by atoms with Gasteiger partial charge in [-0.1, -0.05) is 25.1 Å². The zero-order valence-corrected chi connectivity index (χ0v) is 16.5. The second kappa shape index (κ2) is 8.59. The third-order valence-corrected chi connectivity index (χ3v) is 6.01. The summed E-state index contributed by atoms with van der Waals surface area (Å²) in [5.74, 6) is -0.404. The topological polar surface area (TPSA) is 73.9 Å². The number of carbonyl (C=O) groups excluding carboxylic acids is 2. The van der Waals surface area contributed by atoms with Crippen molar-refractivity contribution in [1.82, 2.24) is 15.6 Å². The number of anilines is 1. The number of hydrogen-bond donors (Lipinski definition) is 2. The molecule has 3 fully saturated rings. The zero-order chi connectivity index (χ0) is 19.5. The van der Waals surface area contributed by atoms with Crippen LogP contribution in [0, 0.1) is 11.8 Å². The number of ether oxygens (including phenoxy) is 1. The highest BCUT2D eigenvalue weighted by atomic mass is 16.5. The van der Waals surface area contributed by atoms with Crippen LogP contribution in [-0.2, 0) is 14.3 Å². The summed E-state index contributed by atoms with van der Waals surface area (Å²) in [6.07, 6.45) is 3.18. The number of rotatable bonds is 6. The number of nitrogens with zero attached hydrogens (tertiary/aromatic N) is 2. The van der Waals surface area contributed by atoms with Crippen molar-refractivity contribution >= 4 is 17.5 Å². The van der Waals surface area contributed by atoms with E-state index in [1.54, 1.807) is 5.01 Å². The van der Waals surface area contributed by atoms with Gasteiger partial charge in [-0.15, -0.1) is 0 Å². The Morgan fingerprint density at radius 3 is 2.82 bits per heavy atom.